The van der Waals surface area contributed by atoms with Crippen LogP contribution in [0.25, 0.3) is 0 Å². The molecule has 1 rings (SSSR count). The van der Waals surface area contributed by atoms with Gasteiger partial charge in [0.05, 0.1) is 11.3 Å². The Hall–Kier alpha value is -1.32. The second-order valence-electron chi connectivity index (χ2n) is 3.50. The van der Waals surface area contributed by atoms with Crippen molar-refractivity contribution in [3.05, 3.63) is 29.8 Å². The van der Waals surface area contributed by atoms with Crippen LogP contribution >= 0.6 is 0 Å². The lowest BCUT2D eigenvalue weighted by molar-refractivity contribution is -0.137. The summed E-state index contributed by atoms with van der Waals surface area (Å²) in [5.41, 5.74) is -0.0795. The highest BCUT2D eigenvalue weighted by Crippen LogP contribution is 2.30. The van der Waals surface area contributed by atoms with Crippen LogP contribution in [0.5, 0.6) is 0 Å². The Kier molecular flexibility index (Phi) is 4.52. The zero-order valence-corrected chi connectivity index (χ0v) is 9.09. The molecule has 0 aliphatic carbocycles. The van der Waals surface area contributed by atoms with Crippen molar-refractivity contribution in [1.82, 2.24) is 0 Å². The Morgan fingerprint density at radius 2 is 1.81 bits per heavy atom. The van der Waals surface area contributed by atoms with E-state index in [1.54, 1.807) is 6.21 Å². The Balaban J connectivity index is 2.61. The fourth-order valence-corrected chi connectivity index (χ4v) is 1.20. The van der Waals surface area contributed by atoms with Gasteiger partial charge in [0, 0.05) is 6.21 Å². The normalized spacial score (nSPS) is 12.2. The smallest absolute Gasteiger partial charge is 0.261 e. The van der Waals surface area contributed by atoms with E-state index in [1.165, 1.54) is 12.1 Å². The largest absolute Gasteiger partial charge is 0.416 e. The van der Waals surface area contributed by atoms with Crippen molar-refractivity contribution in [2.24, 2.45) is 4.99 Å². The fourth-order valence-electron chi connectivity index (χ4n) is 1.20. The minimum atomic E-state index is -4.27. The molecule has 0 radical (unpaired) electrons. The first-order valence-corrected chi connectivity index (χ1v) is 5.24. The second kappa shape index (κ2) is 5.68. The molecule has 0 heterocycles. The molecule has 0 aromatic heterocycles. The minimum absolute atomic E-state index is 0.559. The van der Waals surface area contributed by atoms with Gasteiger partial charge < -0.3 is 0 Å². The van der Waals surface area contributed by atoms with Gasteiger partial charge in [-0.15, -0.1) is 0 Å². The van der Waals surface area contributed by atoms with Crippen molar-refractivity contribution >= 4 is 11.9 Å². The summed E-state index contributed by atoms with van der Waals surface area (Å²) in [6.45, 7) is 2.08. The highest BCUT2D eigenvalue weighted by molar-refractivity contribution is 5.63. The summed E-state index contributed by atoms with van der Waals surface area (Å²) in [4.78, 5) is 4.07. The summed E-state index contributed by atoms with van der Waals surface area (Å²) in [5.74, 6) is 0. The molecule has 0 saturated heterocycles. The molecule has 0 fully saturated rings. The first-order chi connectivity index (χ1) is 7.54. The van der Waals surface area contributed by atoms with E-state index < -0.39 is 11.7 Å². The van der Waals surface area contributed by atoms with Gasteiger partial charge in [0.15, 0.2) is 0 Å². The van der Waals surface area contributed by atoms with Crippen LogP contribution in [0, 0.1) is 0 Å². The summed E-state index contributed by atoms with van der Waals surface area (Å²) in [7, 11) is 0. The third kappa shape index (κ3) is 4.04. The lowest BCUT2D eigenvalue weighted by Crippen LogP contribution is -2.03. The topological polar surface area (TPSA) is 12.4 Å². The third-order valence-corrected chi connectivity index (χ3v) is 2.12. The Morgan fingerprint density at radius 1 is 1.19 bits per heavy atom. The maximum atomic E-state index is 12.2. The van der Waals surface area contributed by atoms with E-state index in [4.69, 9.17) is 0 Å². The van der Waals surface area contributed by atoms with E-state index in [2.05, 4.69) is 11.9 Å². The van der Waals surface area contributed by atoms with Gasteiger partial charge in [0.2, 0.25) is 0 Å². The maximum Gasteiger partial charge on any atom is 0.416 e. The first kappa shape index (κ1) is 12.7. The molecule has 0 saturated carbocycles. The van der Waals surface area contributed by atoms with E-state index in [0.717, 1.165) is 31.4 Å². The Bertz CT molecular complexity index is 338. The van der Waals surface area contributed by atoms with Crippen LogP contribution in [-0.4, -0.2) is 6.21 Å². The number of alkyl halides is 3. The molecule has 0 aliphatic rings. The number of halogens is 3. The summed E-state index contributed by atoms with van der Waals surface area (Å²) in [5, 5.41) is 0. The molecule has 0 unspecified atom stereocenters. The number of hydrogen-bond acceptors (Lipinski definition) is 1. The van der Waals surface area contributed by atoms with Crippen molar-refractivity contribution in [1.29, 1.82) is 0 Å². The molecule has 0 atom stereocenters. The molecule has 1 nitrogen and oxygen atoms in total. The number of benzene rings is 1. The zero-order valence-electron chi connectivity index (χ0n) is 9.09. The molecule has 0 spiro atoms. The first-order valence-electron chi connectivity index (χ1n) is 5.24. The van der Waals surface area contributed by atoms with Crippen LogP contribution in [0.1, 0.15) is 31.7 Å². The third-order valence-electron chi connectivity index (χ3n) is 2.12. The highest BCUT2D eigenvalue weighted by Gasteiger charge is 2.29. The average Bonchev–Trinajstić information content (AvgIpc) is 2.24. The molecule has 0 amide bonds. The summed E-state index contributed by atoms with van der Waals surface area (Å²) < 4.78 is 36.7. The lowest BCUT2D eigenvalue weighted by atomic mass is 10.2. The van der Waals surface area contributed by atoms with Crippen molar-refractivity contribution in [2.45, 2.75) is 32.4 Å². The van der Waals surface area contributed by atoms with E-state index in [-0.39, 0.29) is 0 Å². The van der Waals surface area contributed by atoms with Crippen LogP contribution in [0.3, 0.4) is 0 Å². The van der Waals surface area contributed by atoms with Crippen molar-refractivity contribution in [3.8, 4) is 0 Å². The van der Waals surface area contributed by atoms with Gasteiger partial charge in [-0.1, -0.05) is 13.3 Å². The number of hydrogen-bond donors (Lipinski definition) is 0. The van der Waals surface area contributed by atoms with Crippen molar-refractivity contribution in [2.75, 3.05) is 0 Å². The predicted octanol–water partition coefficient (Wildman–Crippen LogP) is 4.60. The maximum absolute atomic E-state index is 12.2. The molecule has 0 aliphatic heterocycles. The molecule has 1 aromatic rings. The van der Waals surface area contributed by atoms with E-state index in [1.807, 2.05) is 0 Å². The average molecular weight is 229 g/mol. The van der Waals surface area contributed by atoms with E-state index >= 15 is 0 Å². The Morgan fingerprint density at radius 3 is 2.31 bits per heavy atom. The number of aliphatic imine (C=N–C) groups is 1. The van der Waals surface area contributed by atoms with Crippen LogP contribution in [-0.2, 0) is 6.18 Å². The molecule has 0 N–H and O–H groups in total. The standard InChI is InChI=1S/C12H14F3N/c1-2-3-4-9-16-11-7-5-10(6-8-11)12(13,14)15/h5-9H,2-4H2,1H3. The van der Waals surface area contributed by atoms with Gasteiger partial charge in [-0.2, -0.15) is 13.2 Å². The summed E-state index contributed by atoms with van der Waals surface area (Å²) in [6.07, 6.45) is 0.456. The SMILES string of the molecule is CCCCC=Nc1ccc(C(F)(F)F)cc1. The number of nitrogens with zero attached hydrogens (tertiary/aromatic N) is 1. The number of unbranched alkanes of at least 4 members (excludes halogenated alkanes) is 2. The van der Waals surface area contributed by atoms with Crippen molar-refractivity contribution in [3.63, 3.8) is 0 Å². The van der Waals surface area contributed by atoms with Crippen LogP contribution in [0.4, 0.5) is 18.9 Å². The summed E-state index contributed by atoms with van der Waals surface area (Å²) in [6, 6.07) is 4.86. The van der Waals surface area contributed by atoms with Crippen LogP contribution in [0.15, 0.2) is 29.3 Å². The molecular formula is C12H14F3N. The number of rotatable bonds is 4. The van der Waals surface area contributed by atoms with E-state index in [9.17, 15) is 13.2 Å². The second-order valence-corrected chi connectivity index (χ2v) is 3.50. The Labute approximate surface area is 93.0 Å². The summed E-state index contributed by atoms with van der Waals surface area (Å²) >= 11 is 0. The van der Waals surface area contributed by atoms with Gasteiger partial charge in [-0.3, -0.25) is 4.99 Å². The molecular weight excluding hydrogens is 215 g/mol. The van der Waals surface area contributed by atoms with Gasteiger partial charge in [0.1, 0.15) is 0 Å². The quantitative estimate of drug-likeness (QED) is 0.528. The van der Waals surface area contributed by atoms with Gasteiger partial charge >= 0.3 is 6.18 Å². The van der Waals surface area contributed by atoms with Gasteiger partial charge in [-0.05, 0) is 37.1 Å². The van der Waals surface area contributed by atoms with Crippen LogP contribution < -0.4 is 0 Å². The highest BCUT2D eigenvalue weighted by atomic mass is 19.4. The molecule has 0 bridgehead atoms. The zero-order chi connectivity index (χ0) is 12.0. The lowest BCUT2D eigenvalue weighted by Gasteiger charge is -2.05. The van der Waals surface area contributed by atoms with Crippen molar-refractivity contribution < 1.29 is 13.2 Å². The minimum Gasteiger partial charge on any atom is -0.261 e. The fraction of sp³-hybridized carbons (Fsp3) is 0.417. The van der Waals surface area contributed by atoms with E-state index in [0.29, 0.717) is 5.69 Å². The predicted molar refractivity (Wildman–Crippen MR) is 59.1 cm³/mol. The molecule has 4 heteroatoms. The molecule has 88 valence electrons. The molecule has 1 aromatic carbocycles. The van der Waals surface area contributed by atoms with Gasteiger partial charge in [0.25, 0.3) is 0 Å². The molecule has 16 heavy (non-hydrogen) atoms. The van der Waals surface area contributed by atoms with Crippen LogP contribution in [0.2, 0.25) is 0 Å². The monoisotopic (exact) mass is 229 g/mol. The van der Waals surface area contributed by atoms with Gasteiger partial charge in [-0.25, -0.2) is 0 Å².